The number of anilines is 1. The standard InChI is InChI=1S/C14H20ClN5/c1-10-12(15)18-14-16-9-17-20(14)13(10)19(2)11-7-5-3-4-6-8-11/h9,11H,3-8H2,1-2H3. The Morgan fingerprint density at radius 1 is 1.25 bits per heavy atom. The zero-order valence-electron chi connectivity index (χ0n) is 12.0. The van der Waals surface area contributed by atoms with Crippen molar-refractivity contribution in [3.05, 3.63) is 17.0 Å². The molecule has 0 unspecified atom stereocenters. The molecule has 2 aromatic rings. The lowest BCUT2D eigenvalue weighted by molar-refractivity contribution is 0.544. The molecule has 0 radical (unpaired) electrons. The third-order valence-electron chi connectivity index (χ3n) is 4.28. The summed E-state index contributed by atoms with van der Waals surface area (Å²) in [6.07, 6.45) is 9.28. The summed E-state index contributed by atoms with van der Waals surface area (Å²) in [4.78, 5) is 10.7. The Morgan fingerprint density at radius 2 is 1.95 bits per heavy atom. The van der Waals surface area contributed by atoms with E-state index < -0.39 is 0 Å². The maximum atomic E-state index is 6.25. The highest BCUT2D eigenvalue weighted by Gasteiger charge is 2.23. The molecule has 1 aliphatic carbocycles. The number of fused-ring (bicyclic) bond motifs is 1. The highest BCUT2D eigenvalue weighted by Crippen LogP contribution is 2.30. The van der Waals surface area contributed by atoms with Gasteiger partial charge >= 0.3 is 0 Å². The van der Waals surface area contributed by atoms with Crippen molar-refractivity contribution in [1.82, 2.24) is 19.6 Å². The van der Waals surface area contributed by atoms with Gasteiger partial charge in [0.15, 0.2) is 0 Å². The molecule has 2 heterocycles. The van der Waals surface area contributed by atoms with Gasteiger partial charge in [-0.1, -0.05) is 37.3 Å². The van der Waals surface area contributed by atoms with Gasteiger partial charge in [0.1, 0.15) is 17.3 Å². The van der Waals surface area contributed by atoms with Crippen molar-refractivity contribution in [2.24, 2.45) is 0 Å². The highest BCUT2D eigenvalue weighted by atomic mass is 35.5. The van der Waals surface area contributed by atoms with Crippen molar-refractivity contribution in [3.8, 4) is 0 Å². The van der Waals surface area contributed by atoms with Crippen LogP contribution in [0, 0.1) is 6.92 Å². The first-order valence-corrected chi connectivity index (χ1v) is 7.65. The number of rotatable bonds is 2. The largest absolute Gasteiger partial charge is 0.356 e. The smallest absolute Gasteiger partial charge is 0.255 e. The number of hydrogen-bond donors (Lipinski definition) is 0. The molecule has 0 atom stereocenters. The molecule has 0 amide bonds. The summed E-state index contributed by atoms with van der Waals surface area (Å²) in [5, 5.41) is 4.82. The van der Waals surface area contributed by atoms with E-state index in [1.165, 1.54) is 44.9 Å². The quantitative estimate of drug-likeness (QED) is 0.630. The van der Waals surface area contributed by atoms with Crippen LogP contribution in [-0.4, -0.2) is 32.7 Å². The summed E-state index contributed by atoms with van der Waals surface area (Å²) in [6, 6.07) is 0.544. The summed E-state index contributed by atoms with van der Waals surface area (Å²) < 4.78 is 1.80. The Bertz CT molecular complexity index is 601. The van der Waals surface area contributed by atoms with E-state index in [0.29, 0.717) is 17.0 Å². The van der Waals surface area contributed by atoms with E-state index in [2.05, 4.69) is 27.0 Å². The van der Waals surface area contributed by atoms with Gasteiger partial charge < -0.3 is 4.90 Å². The molecule has 0 bridgehead atoms. The van der Waals surface area contributed by atoms with Crippen LogP contribution in [0.3, 0.4) is 0 Å². The maximum absolute atomic E-state index is 6.25. The predicted octanol–water partition coefficient (Wildman–Crippen LogP) is 3.25. The van der Waals surface area contributed by atoms with Crippen LogP contribution in [0.25, 0.3) is 5.78 Å². The molecular formula is C14H20ClN5. The molecule has 0 N–H and O–H groups in total. The second kappa shape index (κ2) is 5.56. The van der Waals surface area contributed by atoms with Gasteiger partial charge in [-0.25, -0.2) is 0 Å². The Labute approximate surface area is 124 Å². The van der Waals surface area contributed by atoms with E-state index in [1.807, 2.05) is 6.92 Å². The number of aromatic nitrogens is 4. The summed E-state index contributed by atoms with van der Waals surface area (Å²) >= 11 is 6.25. The second-order valence-electron chi connectivity index (χ2n) is 5.58. The van der Waals surface area contributed by atoms with E-state index in [9.17, 15) is 0 Å². The van der Waals surface area contributed by atoms with Crippen LogP contribution in [0.5, 0.6) is 0 Å². The molecule has 5 nitrogen and oxygen atoms in total. The van der Waals surface area contributed by atoms with Gasteiger partial charge in [0.2, 0.25) is 0 Å². The molecule has 1 saturated carbocycles. The van der Waals surface area contributed by atoms with E-state index in [0.717, 1.165) is 11.4 Å². The lowest BCUT2D eigenvalue weighted by Crippen LogP contribution is -2.33. The minimum Gasteiger partial charge on any atom is -0.356 e. The molecule has 0 saturated heterocycles. The minimum absolute atomic E-state index is 0.515. The lowest BCUT2D eigenvalue weighted by atomic mass is 10.1. The first kappa shape index (κ1) is 13.6. The topological polar surface area (TPSA) is 46.3 Å². The molecule has 6 heteroatoms. The van der Waals surface area contributed by atoms with Gasteiger partial charge in [0, 0.05) is 18.7 Å². The van der Waals surface area contributed by atoms with Crippen LogP contribution in [-0.2, 0) is 0 Å². The first-order chi connectivity index (χ1) is 9.68. The Morgan fingerprint density at radius 3 is 2.65 bits per heavy atom. The van der Waals surface area contributed by atoms with Crippen molar-refractivity contribution < 1.29 is 0 Å². The summed E-state index contributed by atoms with van der Waals surface area (Å²) in [5.74, 6) is 1.58. The SMILES string of the molecule is Cc1c(Cl)nc2ncnn2c1N(C)C1CCCCCC1. The molecule has 3 rings (SSSR count). The average molecular weight is 294 g/mol. The fraction of sp³-hybridized carbons (Fsp3) is 0.643. The van der Waals surface area contributed by atoms with Crippen molar-refractivity contribution in [2.75, 3.05) is 11.9 Å². The Hall–Kier alpha value is -1.36. The van der Waals surface area contributed by atoms with Gasteiger partial charge in [-0.05, 0) is 19.8 Å². The zero-order chi connectivity index (χ0) is 14.1. The third-order valence-corrected chi connectivity index (χ3v) is 4.65. The van der Waals surface area contributed by atoms with Crippen molar-refractivity contribution in [2.45, 2.75) is 51.5 Å². The summed E-state index contributed by atoms with van der Waals surface area (Å²) in [7, 11) is 2.13. The Balaban J connectivity index is 2.03. The highest BCUT2D eigenvalue weighted by molar-refractivity contribution is 6.30. The van der Waals surface area contributed by atoms with Crippen LogP contribution in [0.1, 0.15) is 44.1 Å². The molecule has 0 aromatic carbocycles. The minimum atomic E-state index is 0.515. The summed E-state index contributed by atoms with van der Waals surface area (Å²) in [6.45, 7) is 2.00. The number of hydrogen-bond acceptors (Lipinski definition) is 4. The predicted molar refractivity (Wildman–Crippen MR) is 80.4 cm³/mol. The molecule has 0 aliphatic heterocycles. The van der Waals surface area contributed by atoms with Crippen molar-refractivity contribution in [1.29, 1.82) is 0 Å². The molecule has 0 spiro atoms. The fourth-order valence-corrected chi connectivity index (χ4v) is 3.28. The normalized spacial score (nSPS) is 17.4. The molecule has 20 heavy (non-hydrogen) atoms. The van der Waals surface area contributed by atoms with Gasteiger partial charge in [0.25, 0.3) is 5.78 Å². The molecule has 1 fully saturated rings. The van der Waals surface area contributed by atoms with Crippen LogP contribution < -0.4 is 4.90 Å². The first-order valence-electron chi connectivity index (χ1n) is 7.27. The van der Waals surface area contributed by atoms with Crippen molar-refractivity contribution in [3.63, 3.8) is 0 Å². The lowest BCUT2D eigenvalue weighted by Gasteiger charge is -2.30. The maximum Gasteiger partial charge on any atom is 0.255 e. The van der Waals surface area contributed by atoms with Gasteiger partial charge in [-0.2, -0.15) is 19.6 Å². The molecule has 108 valence electrons. The monoisotopic (exact) mass is 293 g/mol. The van der Waals surface area contributed by atoms with E-state index in [4.69, 9.17) is 11.6 Å². The van der Waals surface area contributed by atoms with Gasteiger partial charge in [-0.3, -0.25) is 0 Å². The molecule has 1 aliphatic rings. The molecule has 2 aromatic heterocycles. The van der Waals surface area contributed by atoms with Crippen LogP contribution >= 0.6 is 11.6 Å². The van der Waals surface area contributed by atoms with Crippen LogP contribution in [0.2, 0.25) is 5.15 Å². The van der Waals surface area contributed by atoms with E-state index in [-0.39, 0.29) is 0 Å². The zero-order valence-corrected chi connectivity index (χ0v) is 12.8. The Kier molecular flexibility index (Phi) is 3.78. The summed E-state index contributed by atoms with van der Waals surface area (Å²) in [5.41, 5.74) is 0.969. The fourth-order valence-electron chi connectivity index (χ4n) is 3.12. The van der Waals surface area contributed by atoms with E-state index in [1.54, 1.807) is 4.52 Å². The number of nitrogens with zero attached hydrogens (tertiary/aromatic N) is 5. The second-order valence-corrected chi connectivity index (χ2v) is 5.94. The molecular weight excluding hydrogens is 274 g/mol. The van der Waals surface area contributed by atoms with Gasteiger partial charge in [-0.15, -0.1) is 0 Å². The van der Waals surface area contributed by atoms with Crippen molar-refractivity contribution >= 4 is 23.2 Å². The van der Waals surface area contributed by atoms with Crippen LogP contribution in [0.15, 0.2) is 6.33 Å². The average Bonchev–Trinajstić information content (AvgIpc) is 2.74. The van der Waals surface area contributed by atoms with Gasteiger partial charge in [0.05, 0.1) is 0 Å². The third kappa shape index (κ3) is 2.35. The number of halogens is 1. The van der Waals surface area contributed by atoms with E-state index >= 15 is 0 Å². The van der Waals surface area contributed by atoms with Crippen LogP contribution in [0.4, 0.5) is 5.82 Å².